The molecule has 1 heterocycles. The van der Waals surface area contributed by atoms with Crippen molar-refractivity contribution in [3.05, 3.63) is 0 Å². The van der Waals surface area contributed by atoms with Gasteiger partial charge in [-0.05, 0) is 44.8 Å². The molecule has 1 saturated heterocycles. The van der Waals surface area contributed by atoms with Gasteiger partial charge in [0.15, 0.2) is 0 Å². The molecule has 1 aliphatic heterocycles. The molecule has 0 aliphatic carbocycles. The second-order valence-corrected chi connectivity index (χ2v) is 4.31. The van der Waals surface area contributed by atoms with Crippen LogP contribution in [0.1, 0.15) is 32.6 Å². The van der Waals surface area contributed by atoms with E-state index >= 15 is 0 Å². The van der Waals surface area contributed by atoms with Gasteiger partial charge < -0.3 is 15.7 Å². The van der Waals surface area contributed by atoms with Crippen LogP contribution in [-0.2, 0) is 0 Å². The van der Waals surface area contributed by atoms with Crippen molar-refractivity contribution >= 4 is 0 Å². The molecule has 0 spiro atoms. The topological polar surface area (TPSA) is 44.3 Å². The molecular weight excluding hydrogens is 176 g/mol. The van der Waals surface area contributed by atoms with Crippen LogP contribution in [-0.4, -0.2) is 37.4 Å². The van der Waals surface area contributed by atoms with Crippen molar-refractivity contribution in [3.8, 4) is 0 Å². The van der Waals surface area contributed by atoms with Crippen LogP contribution in [0.2, 0.25) is 0 Å². The van der Waals surface area contributed by atoms with Crippen molar-refractivity contribution in [2.75, 3.05) is 26.2 Å². The smallest absolute Gasteiger partial charge is 0.0664 e. The summed E-state index contributed by atoms with van der Waals surface area (Å²) in [5.41, 5.74) is 0. The Morgan fingerprint density at radius 1 is 1.57 bits per heavy atom. The molecule has 0 amide bonds. The number of rotatable bonds is 6. The van der Waals surface area contributed by atoms with Crippen LogP contribution in [0.5, 0.6) is 0 Å². The maximum absolute atomic E-state index is 9.50. The fraction of sp³-hybridized carbons (Fsp3) is 1.00. The van der Waals surface area contributed by atoms with Gasteiger partial charge in [0.1, 0.15) is 0 Å². The highest BCUT2D eigenvalue weighted by atomic mass is 16.3. The van der Waals surface area contributed by atoms with Crippen molar-refractivity contribution < 1.29 is 5.11 Å². The van der Waals surface area contributed by atoms with Gasteiger partial charge in [0, 0.05) is 6.54 Å². The highest BCUT2D eigenvalue weighted by Crippen LogP contribution is 2.08. The van der Waals surface area contributed by atoms with Crippen molar-refractivity contribution in [1.29, 1.82) is 0 Å². The van der Waals surface area contributed by atoms with E-state index in [9.17, 15) is 5.11 Å². The van der Waals surface area contributed by atoms with E-state index in [-0.39, 0.29) is 6.10 Å². The average Bonchev–Trinajstić information content (AvgIpc) is 2.20. The summed E-state index contributed by atoms with van der Waals surface area (Å²) in [7, 11) is 0. The third-order valence-corrected chi connectivity index (χ3v) is 2.83. The fourth-order valence-corrected chi connectivity index (χ4v) is 1.99. The van der Waals surface area contributed by atoms with Gasteiger partial charge in [0.25, 0.3) is 0 Å². The van der Waals surface area contributed by atoms with Crippen LogP contribution in [0.15, 0.2) is 0 Å². The molecule has 14 heavy (non-hydrogen) atoms. The van der Waals surface area contributed by atoms with Crippen molar-refractivity contribution in [1.82, 2.24) is 10.6 Å². The van der Waals surface area contributed by atoms with Gasteiger partial charge in [-0.25, -0.2) is 0 Å². The Labute approximate surface area is 87.3 Å². The number of hydrogen-bond acceptors (Lipinski definition) is 3. The van der Waals surface area contributed by atoms with E-state index in [2.05, 4.69) is 17.6 Å². The molecule has 0 aromatic heterocycles. The minimum atomic E-state index is -0.156. The molecule has 0 radical (unpaired) electrons. The van der Waals surface area contributed by atoms with Crippen LogP contribution < -0.4 is 10.6 Å². The summed E-state index contributed by atoms with van der Waals surface area (Å²) in [6.45, 7) is 6.22. The summed E-state index contributed by atoms with van der Waals surface area (Å²) >= 11 is 0. The number of aliphatic hydroxyl groups excluding tert-OH is 1. The molecule has 2 unspecified atom stereocenters. The SMILES string of the molecule is CCCC(O)CNCC1CCCNC1. The number of aliphatic hydroxyl groups is 1. The predicted molar refractivity (Wildman–Crippen MR) is 59.4 cm³/mol. The summed E-state index contributed by atoms with van der Waals surface area (Å²) in [6.07, 6.45) is 4.44. The molecule has 2 atom stereocenters. The lowest BCUT2D eigenvalue weighted by Gasteiger charge is -2.23. The second-order valence-electron chi connectivity index (χ2n) is 4.31. The molecule has 3 heteroatoms. The molecule has 1 aliphatic rings. The van der Waals surface area contributed by atoms with Gasteiger partial charge >= 0.3 is 0 Å². The lowest BCUT2D eigenvalue weighted by atomic mass is 10.00. The second kappa shape index (κ2) is 7.21. The molecular formula is C11H24N2O. The fourth-order valence-electron chi connectivity index (χ4n) is 1.99. The van der Waals surface area contributed by atoms with E-state index in [1.54, 1.807) is 0 Å². The average molecular weight is 200 g/mol. The van der Waals surface area contributed by atoms with Crippen LogP contribution in [0, 0.1) is 5.92 Å². The summed E-state index contributed by atoms with van der Waals surface area (Å²) < 4.78 is 0. The third-order valence-electron chi connectivity index (χ3n) is 2.83. The Bertz CT molecular complexity index is 135. The van der Waals surface area contributed by atoms with Gasteiger partial charge in [-0.3, -0.25) is 0 Å². The first-order chi connectivity index (χ1) is 6.83. The number of nitrogens with one attached hydrogen (secondary N) is 2. The molecule has 84 valence electrons. The third kappa shape index (κ3) is 4.94. The quantitative estimate of drug-likeness (QED) is 0.592. The Hall–Kier alpha value is -0.120. The van der Waals surface area contributed by atoms with Crippen molar-refractivity contribution in [2.24, 2.45) is 5.92 Å². The Morgan fingerprint density at radius 3 is 3.07 bits per heavy atom. The molecule has 0 bridgehead atoms. The Balaban J connectivity index is 1.96. The maximum Gasteiger partial charge on any atom is 0.0664 e. The molecule has 0 aromatic carbocycles. The van der Waals surface area contributed by atoms with Crippen LogP contribution in [0.25, 0.3) is 0 Å². The highest BCUT2D eigenvalue weighted by molar-refractivity contribution is 4.71. The highest BCUT2D eigenvalue weighted by Gasteiger charge is 2.12. The van der Waals surface area contributed by atoms with E-state index in [1.165, 1.54) is 19.4 Å². The van der Waals surface area contributed by atoms with Crippen LogP contribution >= 0.6 is 0 Å². The van der Waals surface area contributed by atoms with E-state index in [4.69, 9.17) is 0 Å². The van der Waals surface area contributed by atoms with Gasteiger partial charge in [-0.1, -0.05) is 13.3 Å². The zero-order valence-corrected chi connectivity index (χ0v) is 9.26. The predicted octanol–water partition coefficient (Wildman–Crippen LogP) is 0.737. The van der Waals surface area contributed by atoms with E-state index < -0.39 is 0 Å². The standard InChI is InChI=1S/C11H24N2O/c1-2-4-11(14)9-13-8-10-5-3-6-12-7-10/h10-14H,2-9H2,1H3. The first kappa shape index (κ1) is 12.0. The monoisotopic (exact) mass is 200 g/mol. The van der Waals surface area contributed by atoms with Crippen molar-refractivity contribution in [3.63, 3.8) is 0 Å². The van der Waals surface area contributed by atoms with Crippen LogP contribution in [0.3, 0.4) is 0 Å². The minimum Gasteiger partial charge on any atom is -0.392 e. The molecule has 3 nitrogen and oxygen atoms in total. The van der Waals surface area contributed by atoms with E-state index in [0.29, 0.717) is 0 Å². The minimum absolute atomic E-state index is 0.156. The summed E-state index contributed by atoms with van der Waals surface area (Å²) in [6, 6.07) is 0. The summed E-state index contributed by atoms with van der Waals surface area (Å²) in [4.78, 5) is 0. The van der Waals surface area contributed by atoms with Gasteiger partial charge in [-0.15, -0.1) is 0 Å². The maximum atomic E-state index is 9.50. The molecule has 1 fully saturated rings. The summed E-state index contributed by atoms with van der Waals surface area (Å²) in [5, 5.41) is 16.2. The summed E-state index contributed by atoms with van der Waals surface area (Å²) in [5.74, 6) is 0.762. The Kier molecular flexibility index (Phi) is 6.15. The van der Waals surface area contributed by atoms with Gasteiger partial charge in [0.05, 0.1) is 6.10 Å². The molecule has 3 N–H and O–H groups in total. The molecule has 1 rings (SSSR count). The largest absolute Gasteiger partial charge is 0.392 e. The van der Waals surface area contributed by atoms with Crippen molar-refractivity contribution in [2.45, 2.75) is 38.7 Å². The lowest BCUT2D eigenvalue weighted by molar-refractivity contribution is 0.158. The number of hydrogen-bond donors (Lipinski definition) is 3. The van der Waals surface area contributed by atoms with Crippen LogP contribution in [0.4, 0.5) is 0 Å². The van der Waals surface area contributed by atoms with E-state index in [0.717, 1.165) is 38.4 Å². The van der Waals surface area contributed by atoms with E-state index in [1.807, 2.05) is 0 Å². The zero-order chi connectivity index (χ0) is 10.2. The number of piperidine rings is 1. The first-order valence-corrected chi connectivity index (χ1v) is 5.92. The zero-order valence-electron chi connectivity index (χ0n) is 9.26. The normalized spacial score (nSPS) is 24.9. The van der Waals surface area contributed by atoms with Gasteiger partial charge in [-0.2, -0.15) is 0 Å². The molecule has 0 aromatic rings. The molecule has 0 saturated carbocycles. The lowest BCUT2D eigenvalue weighted by Crippen LogP contribution is -2.38. The van der Waals surface area contributed by atoms with Gasteiger partial charge in [0.2, 0.25) is 0 Å². The Morgan fingerprint density at radius 2 is 2.43 bits per heavy atom. The first-order valence-electron chi connectivity index (χ1n) is 5.92.